The molecular formula is C13H9F3N2O4S2. The van der Waals surface area contributed by atoms with Crippen LogP contribution in [0.3, 0.4) is 0 Å². The standard InChI is InChI=1S/C13H9F3N2O4S2/c14-13(15,16)11-6-9(18-22-11)10-3-4-12(21-10)24(19,20)17-7-8-2-1-5-23-8/h1-6,17H,7H2. The van der Waals surface area contributed by atoms with Crippen LogP contribution in [0.4, 0.5) is 13.2 Å². The number of furan rings is 1. The van der Waals surface area contributed by atoms with Crippen molar-refractivity contribution in [3.05, 3.63) is 46.3 Å². The van der Waals surface area contributed by atoms with Crippen LogP contribution in [0.15, 0.2) is 49.7 Å². The van der Waals surface area contributed by atoms with Gasteiger partial charge in [0.2, 0.25) is 10.9 Å². The molecular weight excluding hydrogens is 369 g/mol. The maximum atomic E-state index is 12.5. The number of alkyl halides is 3. The van der Waals surface area contributed by atoms with E-state index in [1.807, 2.05) is 0 Å². The molecule has 3 rings (SSSR count). The van der Waals surface area contributed by atoms with Crippen LogP contribution in [0.5, 0.6) is 0 Å². The van der Waals surface area contributed by atoms with Crippen molar-refractivity contribution in [2.75, 3.05) is 0 Å². The molecule has 24 heavy (non-hydrogen) atoms. The number of nitrogens with one attached hydrogen (secondary N) is 1. The summed E-state index contributed by atoms with van der Waals surface area (Å²) in [6.07, 6.45) is -4.69. The number of rotatable bonds is 5. The van der Waals surface area contributed by atoms with Gasteiger partial charge < -0.3 is 8.94 Å². The van der Waals surface area contributed by atoms with Crippen LogP contribution in [0.1, 0.15) is 10.6 Å². The smallest absolute Gasteiger partial charge is 0.441 e. The van der Waals surface area contributed by atoms with E-state index in [-0.39, 0.29) is 18.0 Å². The highest BCUT2D eigenvalue weighted by Gasteiger charge is 2.36. The Hall–Kier alpha value is -2.11. The summed E-state index contributed by atoms with van der Waals surface area (Å²) in [5.74, 6) is -1.44. The number of nitrogens with zero attached hydrogens (tertiary/aromatic N) is 1. The Bertz CT molecular complexity index is 927. The average molecular weight is 378 g/mol. The van der Waals surface area contributed by atoms with E-state index in [0.29, 0.717) is 6.07 Å². The van der Waals surface area contributed by atoms with Gasteiger partial charge in [-0.2, -0.15) is 13.2 Å². The van der Waals surface area contributed by atoms with Crippen molar-refractivity contribution in [3.8, 4) is 11.5 Å². The summed E-state index contributed by atoms with van der Waals surface area (Å²) < 4.78 is 73.3. The van der Waals surface area contributed by atoms with E-state index in [9.17, 15) is 21.6 Å². The molecule has 0 unspecified atom stereocenters. The van der Waals surface area contributed by atoms with E-state index >= 15 is 0 Å². The molecule has 3 heterocycles. The minimum absolute atomic E-state index is 0.0816. The molecule has 0 saturated carbocycles. The van der Waals surface area contributed by atoms with Gasteiger partial charge in [0.15, 0.2) is 5.76 Å². The third-order valence-corrected chi connectivity index (χ3v) is 5.05. The van der Waals surface area contributed by atoms with Crippen LogP contribution in [0, 0.1) is 0 Å². The quantitative estimate of drug-likeness (QED) is 0.735. The molecule has 0 aromatic carbocycles. The average Bonchev–Trinajstić information content (AvgIpc) is 3.23. The number of sulfonamides is 1. The zero-order chi connectivity index (χ0) is 17.4. The van der Waals surface area contributed by atoms with Gasteiger partial charge in [0.1, 0.15) is 5.69 Å². The number of hydrogen-bond acceptors (Lipinski definition) is 6. The highest BCUT2D eigenvalue weighted by molar-refractivity contribution is 7.89. The summed E-state index contributed by atoms with van der Waals surface area (Å²) in [6, 6.07) is 6.51. The molecule has 0 atom stereocenters. The number of aromatic nitrogens is 1. The van der Waals surface area contributed by atoms with Crippen LogP contribution in [0.2, 0.25) is 0 Å². The number of hydrogen-bond donors (Lipinski definition) is 1. The maximum Gasteiger partial charge on any atom is 0.452 e. The Labute approximate surface area is 137 Å². The lowest BCUT2D eigenvalue weighted by atomic mass is 10.3. The molecule has 0 bridgehead atoms. The molecule has 3 aromatic heterocycles. The van der Waals surface area contributed by atoms with Crippen LogP contribution in [-0.4, -0.2) is 13.6 Å². The second-order valence-corrected chi connectivity index (χ2v) is 7.33. The molecule has 11 heteroatoms. The van der Waals surface area contributed by atoms with Gasteiger partial charge in [-0.15, -0.1) is 11.3 Å². The fraction of sp³-hybridized carbons (Fsp3) is 0.154. The highest BCUT2D eigenvalue weighted by Crippen LogP contribution is 2.33. The zero-order valence-corrected chi connectivity index (χ0v) is 13.3. The first-order valence-electron chi connectivity index (χ1n) is 6.42. The van der Waals surface area contributed by atoms with Crippen LogP contribution < -0.4 is 4.72 Å². The van der Waals surface area contributed by atoms with Gasteiger partial charge in [-0.3, -0.25) is 0 Å². The van der Waals surface area contributed by atoms with Gasteiger partial charge in [-0.05, 0) is 23.6 Å². The van der Waals surface area contributed by atoms with Gasteiger partial charge in [0, 0.05) is 17.5 Å². The summed E-state index contributed by atoms with van der Waals surface area (Å²) in [5.41, 5.74) is -0.248. The van der Waals surface area contributed by atoms with E-state index < -0.39 is 27.1 Å². The van der Waals surface area contributed by atoms with E-state index in [2.05, 4.69) is 14.4 Å². The van der Waals surface area contributed by atoms with E-state index in [1.54, 1.807) is 17.5 Å². The minimum atomic E-state index is -4.69. The third-order valence-electron chi connectivity index (χ3n) is 2.90. The first-order valence-corrected chi connectivity index (χ1v) is 8.78. The molecule has 0 amide bonds. The SMILES string of the molecule is O=S(=O)(NCc1cccs1)c1ccc(-c2cc(C(F)(F)F)on2)o1. The monoisotopic (exact) mass is 378 g/mol. The Balaban J connectivity index is 1.78. The Morgan fingerprint density at radius 3 is 2.67 bits per heavy atom. The van der Waals surface area contributed by atoms with Crippen LogP contribution in [0.25, 0.3) is 11.5 Å². The molecule has 0 fully saturated rings. The van der Waals surface area contributed by atoms with Crippen molar-refractivity contribution in [3.63, 3.8) is 0 Å². The molecule has 0 aliphatic heterocycles. The van der Waals surface area contributed by atoms with Gasteiger partial charge in [0.25, 0.3) is 10.0 Å². The fourth-order valence-electron chi connectivity index (χ4n) is 1.78. The number of halogens is 3. The van der Waals surface area contributed by atoms with Crippen molar-refractivity contribution in [1.82, 2.24) is 9.88 Å². The maximum absolute atomic E-state index is 12.5. The molecule has 0 aliphatic rings. The predicted octanol–water partition coefficient (Wildman–Crippen LogP) is 3.49. The molecule has 1 N–H and O–H groups in total. The molecule has 0 saturated heterocycles. The highest BCUT2D eigenvalue weighted by atomic mass is 32.2. The molecule has 0 spiro atoms. The van der Waals surface area contributed by atoms with Gasteiger partial charge in [-0.25, -0.2) is 13.1 Å². The molecule has 0 aliphatic carbocycles. The van der Waals surface area contributed by atoms with Crippen molar-refractivity contribution < 1.29 is 30.5 Å². The lowest BCUT2D eigenvalue weighted by molar-refractivity contribution is -0.155. The van der Waals surface area contributed by atoms with Crippen molar-refractivity contribution in [2.45, 2.75) is 17.8 Å². The zero-order valence-electron chi connectivity index (χ0n) is 11.7. The van der Waals surface area contributed by atoms with E-state index in [0.717, 1.165) is 10.9 Å². The Morgan fingerprint density at radius 1 is 1.25 bits per heavy atom. The van der Waals surface area contributed by atoms with Crippen molar-refractivity contribution >= 4 is 21.4 Å². The van der Waals surface area contributed by atoms with E-state index in [1.165, 1.54) is 17.4 Å². The molecule has 3 aromatic rings. The van der Waals surface area contributed by atoms with Crippen molar-refractivity contribution in [2.24, 2.45) is 0 Å². The lowest BCUT2D eigenvalue weighted by Gasteiger charge is -2.02. The normalized spacial score (nSPS) is 12.6. The summed E-state index contributed by atoms with van der Waals surface area (Å²) in [7, 11) is -3.94. The van der Waals surface area contributed by atoms with Gasteiger partial charge >= 0.3 is 6.18 Å². The van der Waals surface area contributed by atoms with Crippen molar-refractivity contribution in [1.29, 1.82) is 0 Å². The minimum Gasteiger partial charge on any atom is -0.441 e. The largest absolute Gasteiger partial charge is 0.452 e. The molecule has 128 valence electrons. The molecule has 0 radical (unpaired) electrons. The first-order chi connectivity index (χ1) is 11.3. The van der Waals surface area contributed by atoms with E-state index in [4.69, 9.17) is 4.42 Å². The third kappa shape index (κ3) is 3.52. The topological polar surface area (TPSA) is 85.3 Å². The van der Waals surface area contributed by atoms with Crippen LogP contribution in [-0.2, 0) is 22.7 Å². The second kappa shape index (κ2) is 6.07. The molecule has 6 nitrogen and oxygen atoms in total. The van der Waals surface area contributed by atoms with Gasteiger partial charge in [-0.1, -0.05) is 11.2 Å². The second-order valence-electron chi connectivity index (χ2n) is 4.60. The number of thiophene rings is 1. The summed E-state index contributed by atoms with van der Waals surface area (Å²) in [5, 5.41) is 4.61. The Kier molecular flexibility index (Phi) is 4.24. The predicted molar refractivity (Wildman–Crippen MR) is 77.6 cm³/mol. The lowest BCUT2D eigenvalue weighted by Crippen LogP contribution is -2.22. The fourth-order valence-corrected chi connectivity index (χ4v) is 3.45. The van der Waals surface area contributed by atoms with Crippen LogP contribution >= 0.6 is 11.3 Å². The first kappa shape index (κ1) is 16.7. The van der Waals surface area contributed by atoms with Gasteiger partial charge in [0.05, 0.1) is 0 Å². The summed E-state index contributed by atoms with van der Waals surface area (Å²) in [4.78, 5) is 0.802. The summed E-state index contributed by atoms with van der Waals surface area (Å²) in [6.45, 7) is 0.0816. The Morgan fingerprint density at radius 2 is 2.04 bits per heavy atom. The summed E-state index contributed by atoms with van der Waals surface area (Å²) >= 11 is 1.38.